The van der Waals surface area contributed by atoms with Gasteiger partial charge < -0.3 is 9.67 Å². The second-order valence-electron chi connectivity index (χ2n) is 3.66. The SMILES string of the molecule is OCCCn1c(C(F)(F)F)nc2cc(Cl)cnc21. The molecule has 4 nitrogen and oxygen atoms in total. The van der Waals surface area contributed by atoms with Gasteiger partial charge in [-0.2, -0.15) is 13.2 Å². The van der Waals surface area contributed by atoms with Crippen LogP contribution in [0.1, 0.15) is 12.2 Å². The third-order valence-corrected chi connectivity index (χ3v) is 2.55. The van der Waals surface area contributed by atoms with Gasteiger partial charge in [-0.1, -0.05) is 11.6 Å². The van der Waals surface area contributed by atoms with Crippen LogP contribution in [0, 0.1) is 0 Å². The second-order valence-corrected chi connectivity index (χ2v) is 4.09. The summed E-state index contributed by atoms with van der Waals surface area (Å²) in [6.45, 7) is -0.207. The van der Waals surface area contributed by atoms with Crippen LogP contribution in [0.3, 0.4) is 0 Å². The van der Waals surface area contributed by atoms with Crippen LogP contribution in [-0.4, -0.2) is 26.2 Å². The van der Waals surface area contributed by atoms with Gasteiger partial charge >= 0.3 is 6.18 Å². The molecule has 0 bridgehead atoms. The third kappa shape index (κ3) is 2.41. The van der Waals surface area contributed by atoms with E-state index in [2.05, 4.69) is 9.97 Å². The minimum Gasteiger partial charge on any atom is -0.396 e. The predicted molar refractivity (Wildman–Crippen MR) is 59.2 cm³/mol. The van der Waals surface area contributed by atoms with E-state index < -0.39 is 12.0 Å². The lowest BCUT2D eigenvalue weighted by molar-refractivity contribution is -0.147. The molecule has 98 valence electrons. The van der Waals surface area contributed by atoms with Crippen LogP contribution in [-0.2, 0) is 12.7 Å². The van der Waals surface area contributed by atoms with Gasteiger partial charge in [-0.05, 0) is 12.5 Å². The number of aryl methyl sites for hydroxylation is 1. The zero-order valence-electron chi connectivity index (χ0n) is 9.08. The summed E-state index contributed by atoms with van der Waals surface area (Å²) < 4.78 is 39.4. The van der Waals surface area contributed by atoms with E-state index in [9.17, 15) is 13.2 Å². The minimum atomic E-state index is -4.57. The van der Waals surface area contributed by atoms with Crippen molar-refractivity contribution in [3.63, 3.8) is 0 Å². The molecule has 0 atom stereocenters. The van der Waals surface area contributed by atoms with Gasteiger partial charge in [-0.15, -0.1) is 0 Å². The molecule has 2 aromatic heterocycles. The highest BCUT2D eigenvalue weighted by Crippen LogP contribution is 2.31. The van der Waals surface area contributed by atoms with E-state index in [-0.39, 0.29) is 35.8 Å². The van der Waals surface area contributed by atoms with Crippen LogP contribution in [0.25, 0.3) is 11.2 Å². The minimum absolute atomic E-state index is 0.00350. The number of aromatic nitrogens is 3. The summed E-state index contributed by atoms with van der Waals surface area (Å²) in [6, 6.07) is 1.33. The summed E-state index contributed by atoms with van der Waals surface area (Å²) in [7, 11) is 0. The fourth-order valence-electron chi connectivity index (χ4n) is 1.64. The van der Waals surface area contributed by atoms with E-state index in [1.54, 1.807) is 0 Å². The first-order valence-electron chi connectivity index (χ1n) is 5.13. The Labute approximate surface area is 105 Å². The van der Waals surface area contributed by atoms with Gasteiger partial charge in [-0.25, -0.2) is 9.97 Å². The Morgan fingerprint density at radius 2 is 2.11 bits per heavy atom. The average molecular weight is 280 g/mol. The van der Waals surface area contributed by atoms with E-state index in [4.69, 9.17) is 16.7 Å². The Hall–Kier alpha value is -1.34. The molecule has 0 aliphatic carbocycles. The highest BCUT2D eigenvalue weighted by molar-refractivity contribution is 6.31. The number of nitrogens with zero attached hydrogens (tertiary/aromatic N) is 3. The maximum absolute atomic E-state index is 12.8. The van der Waals surface area contributed by atoms with Crippen LogP contribution >= 0.6 is 11.6 Å². The number of alkyl halides is 3. The molecule has 2 aromatic rings. The first-order chi connectivity index (χ1) is 8.43. The lowest BCUT2D eigenvalue weighted by atomic mass is 10.4. The Morgan fingerprint density at radius 3 is 2.72 bits per heavy atom. The summed E-state index contributed by atoms with van der Waals surface area (Å²) >= 11 is 5.67. The summed E-state index contributed by atoms with van der Waals surface area (Å²) in [5.41, 5.74) is 0.202. The lowest BCUT2D eigenvalue weighted by Gasteiger charge is -2.09. The average Bonchev–Trinajstić information content (AvgIpc) is 2.63. The van der Waals surface area contributed by atoms with E-state index in [1.165, 1.54) is 12.3 Å². The molecule has 0 saturated heterocycles. The largest absolute Gasteiger partial charge is 0.449 e. The maximum atomic E-state index is 12.8. The van der Waals surface area contributed by atoms with Gasteiger partial charge in [0.05, 0.1) is 5.02 Å². The monoisotopic (exact) mass is 279 g/mol. The van der Waals surface area contributed by atoms with Crippen molar-refractivity contribution >= 4 is 22.8 Å². The molecule has 0 amide bonds. The number of fused-ring (bicyclic) bond motifs is 1. The van der Waals surface area contributed by atoms with E-state index >= 15 is 0 Å². The molecule has 0 aromatic carbocycles. The molecule has 0 fully saturated rings. The highest BCUT2D eigenvalue weighted by Gasteiger charge is 2.37. The Balaban J connectivity index is 2.60. The summed E-state index contributed by atoms with van der Waals surface area (Å²) in [5.74, 6) is -1.03. The number of hydrogen-bond donors (Lipinski definition) is 1. The van der Waals surface area contributed by atoms with Crippen molar-refractivity contribution in [3.8, 4) is 0 Å². The molecular weight excluding hydrogens is 271 g/mol. The summed E-state index contributed by atoms with van der Waals surface area (Å²) in [5, 5.41) is 8.94. The van der Waals surface area contributed by atoms with Gasteiger partial charge in [0, 0.05) is 19.3 Å². The number of pyridine rings is 1. The van der Waals surface area contributed by atoms with Crippen molar-refractivity contribution in [3.05, 3.63) is 23.1 Å². The molecule has 0 spiro atoms. The molecule has 2 heterocycles. The van der Waals surface area contributed by atoms with Gasteiger partial charge in [0.1, 0.15) is 5.52 Å². The van der Waals surface area contributed by atoms with Crippen LogP contribution in [0.5, 0.6) is 0 Å². The molecule has 8 heteroatoms. The van der Waals surface area contributed by atoms with Crippen molar-refractivity contribution in [2.24, 2.45) is 0 Å². The van der Waals surface area contributed by atoms with Crippen LogP contribution in [0.15, 0.2) is 12.3 Å². The van der Waals surface area contributed by atoms with Crippen molar-refractivity contribution in [2.45, 2.75) is 19.1 Å². The van der Waals surface area contributed by atoms with Crippen LogP contribution < -0.4 is 0 Å². The molecule has 0 saturated carbocycles. The zero-order chi connectivity index (χ0) is 13.3. The van der Waals surface area contributed by atoms with Crippen molar-refractivity contribution in [1.29, 1.82) is 0 Å². The van der Waals surface area contributed by atoms with Crippen LogP contribution in [0.2, 0.25) is 5.02 Å². The van der Waals surface area contributed by atoms with Gasteiger partial charge in [-0.3, -0.25) is 0 Å². The van der Waals surface area contributed by atoms with Crippen molar-refractivity contribution < 1.29 is 18.3 Å². The second kappa shape index (κ2) is 4.74. The summed E-state index contributed by atoms with van der Waals surface area (Å²) in [4.78, 5) is 7.36. The van der Waals surface area contributed by atoms with Crippen LogP contribution in [0.4, 0.5) is 13.2 Å². The molecule has 0 aliphatic heterocycles. The number of halogens is 4. The standard InChI is InChI=1S/C10H9ClF3N3O/c11-6-4-7-8(15-5-6)17(2-1-3-18)9(16-7)10(12,13)14/h4-5,18H,1-3H2. The fourth-order valence-corrected chi connectivity index (χ4v) is 1.80. The molecular formula is C10H9ClF3N3O. The van der Waals surface area contributed by atoms with E-state index in [0.717, 1.165) is 4.57 Å². The smallest absolute Gasteiger partial charge is 0.396 e. The van der Waals surface area contributed by atoms with Gasteiger partial charge in [0.2, 0.25) is 5.82 Å². The molecule has 0 unspecified atom stereocenters. The molecule has 18 heavy (non-hydrogen) atoms. The Bertz CT molecular complexity index is 567. The topological polar surface area (TPSA) is 50.9 Å². The Kier molecular flexibility index (Phi) is 3.45. The number of aliphatic hydroxyl groups is 1. The van der Waals surface area contributed by atoms with E-state index in [0.29, 0.717) is 0 Å². The van der Waals surface area contributed by atoms with Gasteiger partial charge in [0.15, 0.2) is 5.65 Å². The van der Waals surface area contributed by atoms with Crippen molar-refractivity contribution in [2.75, 3.05) is 6.61 Å². The number of imidazole rings is 1. The lowest BCUT2D eigenvalue weighted by Crippen LogP contribution is -2.15. The fraction of sp³-hybridized carbons (Fsp3) is 0.400. The van der Waals surface area contributed by atoms with E-state index in [1.807, 2.05) is 0 Å². The normalized spacial score (nSPS) is 12.3. The first-order valence-corrected chi connectivity index (χ1v) is 5.51. The molecule has 0 aliphatic rings. The van der Waals surface area contributed by atoms with Crippen molar-refractivity contribution in [1.82, 2.24) is 14.5 Å². The highest BCUT2D eigenvalue weighted by atomic mass is 35.5. The zero-order valence-corrected chi connectivity index (χ0v) is 9.83. The maximum Gasteiger partial charge on any atom is 0.449 e. The molecule has 2 rings (SSSR count). The van der Waals surface area contributed by atoms with Gasteiger partial charge in [0.25, 0.3) is 0 Å². The Morgan fingerprint density at radius 1 is 1.39 bits per heavy atom. The number of rotatable bonds is 3. The quantitative estimate of drug-likeness (QED) is 0.939. The number of aliphatic hydroxyl groups excluding tert-OH is 1. The molecule has 1 N–H and O–H groups in total. The third-order valence-electron chi connectivity index (χ3n) is 2.34. The summed E-state index contributed by atoms with van der Waals surface area (Å²) in [6.07, 6.45) is -3.11. The number of hydrogen-bond acceptors (Lipinski definition) is 3. The predicted octanol–water partition coefficient (Wildman–Crippen LogP) is 2.49. The molecule has 0 radical (unpaired) electrons. The first kappa shape index (κ1) is 13.1.